The third-order valence-electron chi connectivity index (χ3n) is 5.51. The van der Waals surface area contributed by atoms with Gasteiger partial charge < -0.3 is 15.1 Å². The molecule has 5 heteroatoms. The number of piperidine rings is 1. The summed E-state index contributed by atoms with van der Waals surface area (Å²) in [4.78, 5) is 29.2. The molecule has 5 nitrogen and oxygen atoms in total. The van der Waals surface area contributed by atoms with Crippen molar-refractivity contribution in [2.45, 2.75) is 45.6 Å². The predicted octanol–water partition coefficient (Wildman–Crippen LogP) is 2.20. The summed E-state index contributed by atoms with van der Waals surface area (Å²) >= 11 is 0. The molecule has 1 aromatic rings. The Labute approximate surface area is 150 Å². The molecule has 0 bridgehead atoms. The SMILES string of the molecule is CCc1cccc(N2CC(C(=O)NC3CCN(CC)CC3)CC2=O)c1. The second-order valence-corrected chi connectivity index (χ2v) is 7.15. The zero-order valence-electron chi connectivity index (χ0n) is 15.3. The second-order valence-electron chi connectivity index (χ2n) is 7.15. The number of benzene rings is 1. The van der Waals surface area contributed by atoms with E-state index < -0.39 is 0 Å². The molecule has 136 valence electrons. The molecule has 1 aromatic carbocycles. The molecule has 2 saturated heterocycles. The lowest BCUT2D eigenvalue weighted by Crippen LogP contribution is -2.46. The number of hydrogen-bond acceptors (Lipinski definition) is 3. The minimum absolute atomic E-state index is 0.0393. The number of likely N-dealkylation sites (tertiary alicyclic amines) is 1. The van der Waals surface area contributed by atoms with Gasteiger partial charge in [-0.05, 0) is 43.5 Å². The third-order valence-corrected chi connectivity index (χ3v) is 5.51. The topological polar surface area (TPSA) is 52.7 Å². The monoisotopic (exact) mass is 343 g/mol. The summed E-state index contributed by atoms with van der Waals surface area (Å²) in [5, 5.41) is 3.18. The summed E-state index contributed by atoms with van der Waals surface area (Å²) in [6, 6.07) is 8.31. The zero-order valence-corrected chi connectivity index (χ0v) is 15.3. The first kappa shape index (κ1) is 17.9. The largest absolute Gasteiger partial charge is 0.353 e. The summed E-state index contributed by atoms with van der Waals surface area (Å²) in [6.45, 7) is 7.92. The minimum Gasteiger partial charge on any atom is -0.353 e. The zero-order chi connectivity index (χ0) is 17.8. The first-order valence-electron chi connectivity index (χ1n) is 9.52. The molecule has 2 fully saturated rings. The molecule has 1 unspecified atom stereocenters. The van der Waals surface area contributed by atoms with Crippen molar-refractivity contribution in [1.82, 2.24) is 10.2 Å². The van der Waals surface area contributed by atoms with Crippen molar-refractivity contribution in [3.8, 4) is 0 Å². The summed E-state index contributed by atoms with van der Waals surface area (Å²) in [7, 11) is 0. The van der Waals surface area contributed by atoms with Gasteiger partial charge in [-0.15, -0.1) is 0 Å². The highest BCUT2D eigenvalue weighted by atomic mass is 16.2. The Kier molecular flexibility index (Phi) is 5.74. The number of carbonyl (C=O) groups is 2. The Morgan fingerprint density at radius 1 is 1.24 bits per heavy atom. The van der Waals surface area contributed by atoms with Gasteiger partial charge in [0.1, 0.15) is 0 Å². The Bertz CT molecular complexity index is 623. The summed E-state index contributed by atoms with van der Waals surface area (Å²) in [6.07, 6.45) is 3.26. The van der Waals surface area contributed by atoms with Gasteiger partial charge in [-0.3, -0.25) is 9.59 Å². The summed E-state index contributed by atoms with van der Waals surface area (Å²) < 4.78 is 0. The summed E-state index contributed by atoms with van der Waals surface area (Å²) in [5.41, 5.74) is 2.12. The van der Waals surface area contributed by atoms with Crippen molar-refractivity contribution < 1.29 is 9.59 Å². The quantitative estimate of drug-likeness (QED) is 0.892. The van der Waals surface area contributed by atoms with Gasteiger partial charge in [0.25, 0.3) is 0 Å². The average Bonchev–Trinajstić information content (AvgIpc) is 3.04. The number of rotatable bonds is 5. The van der Waals surface area contributed by atoms with Crippen LogP contribution in [0.15, 0.2) is 24.3 Å². The maximum absolute atomic E-state index is 12.6. The van der Waals surface area contributed by atoms with Gasteiger partial charge in [0.15, 0.2) is 0 Å². The van der Waals surface area contributed by atoms with E-state index in [-0.39, 0.29) is 23.8 Å². The number of nitrogens with one attached hydrogen (secondary N) is 1. The standard InChI is InChI=1S/C20H29N3O2/c1-3-15-6-5-7-18(12-15)23-14-16(13-19(23)24)20(25)21-17-8-10-22(4-2)11-9-17/h5-7,12,16-17H,3-4,8-11,13-14H2,1-2H3,(H,21,25). The van der Waals surface area contributed by atoms with Crippen molar-refractivity contribution in [1.29, 1.82) is 0 Å². The van der Waals surface area contributed by atoms with E-state index in [0.717, 1.165) is 44.6 Å². The van der Waals surface area contributed by atoms with Crippen molar-refractivity contribution in [3.05, 3.63) is 29.8 Å². The van der Waals surface area contributed by atoms with Crippen LogP contribution in [0.25, 0.3) is 0 Å². The van der Waals surface area contributed by atoms with Crippen LogP contribution in [0.4, 0.5) is 5.69 Å². The minimum atomic E-state index is -0.234. The van der Waals surface area contributed by atoms with Crippen LogP contribution in [0.5, 0.6) is 0 Å². The van der Waals surface area contributed by atoms with Crippen LogP contribution in [-0.4, -0.2) is 48.9 Å². The van der Waals surface area contributed by atoms with E-state index in [1.54, 1.807) is 4.90 Å². The first-order valence-corrected chi connectivity index (χ1v) is 9.52. The van der Waals surface area contributed by atoms with Crippen molar-refractivity contribution in [3.63, 3.8) is 0 Å². The van der Waals surface area contributed by atoms with E-state index in [4.69, 9.17) is 0 Å². The Balaban J connectivity index is 1.57. The lowest BCUT2D eigenvalue weighted by Gasteiger charge is -2.32. The average molecular weight is 343 g/mol. The number of nitrogens with zero attached hydrogens (tertiary/aromatic N) is 2. The lowest BCUT2D eigenvalue weighted by molar-refractivity contribution is -0.127. The van der Waals surface area contributed by atoms with E-state index in [1.165, 1.54) is 5.56 Å². The number of anilines is 1. The van der Waals surface area contributed by atoms with E-state index in [9.17, 15) is 9.59 Å². The smallest absolute Gasteiger partial charge is 0.227 e. The molecule has 3 rings (SSSR count). The van der Waals surface area contributed by atoms with Crippen LogP contribution < -0.4 is 10.2 Å². The molecule has 2 aliphatic heterocycles. The fourth-order valence-electron chi connectivity index (χ4n) is 3.79. The number of hydrogen-bond donors (Lipinski definition) is 1. The van der Waals surface area contributed by atoms with Crippen molar-refractivity contribution in [2.24, 2.45) is 5.92 Å². The number of carbonyl (C=O) groups excluding carboxylic acids is 2. The Hall–Kier alpha value is -1.88. The molecule has 2 heterocycles. The number of amides is 2. The molecule has 0 radical (unpaired) electrons. The van der Waals surface area contributed by atoms with Crippen LogP contribution >= 0.6 is 0 Å². The van der Waals surface area contributed by atoms with Gasteiger partial charge in [0.05, 0.1) is 5.92 Å². The maximum atomic E-state index is 12.6. The van der Waals surface area contributed by atoms with E-state index in [2.05, 4.69) is 36.2 Å². The molecule has 0 spiro atoms. The van der Waals surface area contributed by atoms with Crippen LogP contribution in [0.2, 0.25) is 0 Å². The molecule has 1 atom stereocenters. The normalized spacial score (nSPS) is 22.4. The molecule has 2 amide bonds. The highest BCUT2D eigenvalue weighted by Crippen LogP contribution is 2.26. The second kappa shape index (κ2) is 8.00. The number of aryl methyl sites for hydroxylation is 1. The van der Waals surface area contributed by atoms with Crippen LogP contribution in [-0.2, 0) is 16.0 Å². The molecule has 0 aromatic heterocycles. The highest BCUT2D eigenvalue weighted by molar-refractivity contribution is 6.00. The predicted molar refractivity (Wildman–Crippen MR) is 99.6 cm³/mol. The maximum Gasteiger partial charge on any atom is 0.227 e. The van der Waals surface area contributed by atoms with Crippen molar-refractivity contribution in [2.75, 3.05) is 31.1 Å². The Morgan fingerprint density at radius 2 is 2.00 bits per heavy atom. The van der Waals surface area contributed by atoms with E-state index in [1.807, 2.05) is 12.1 Å². The van der Waals surface area contributed by atoms with Crippen LogP contribution in [0, 0.1) is 5.92 Å². The Morgan fingerprint density at radius 3 is 2.68 bits per heavy atom. The lowest BCUT2D eigenvalue weighted by atomic mass is 10.0. The molecule has 25 heavy (non-hydrogen) atoms. The molecule has 0 aliphatic carbocycles. The third kappa shape index (κ3) is 4.21. The van der Waals surface area contributed by atoms with E-state index >= 15 is 0 Å². The van der Waals surface area contributed by atoms with E-state index in [0.29, 0.717) is 13.0 Å². The fraction of sp³-hybridized carbons (Fsp3) is 0.600. The molecule has 0 saturated carbocycles. The van der Waals surface area contributed by atoms with Gasteiger partial charge in [-0.1, -0.05) is 26.0 Å². The van der Waals surface area contributed by atoms with Crippen LogP contribution in [0.1, 0.15) is 38.7 Å². The van der Waals surface area contributed by atoms with Gasteiger partial charge in [-0.25, -0.2) is 0 Å². The van der Waals surface area contributed by atoms with Gasteiger partial charge >= 0.3 is 0 Å². The van der Waals surface area contributed by atoms with Gasteiger partial charge in [0.2, 0.25) is 11.8 Å². The first-order chi connectivity index (χ1) is 12.1. The van der Waals surface area contributed by atoms with Crippen LogP contribution in [0.3, 0.4) is 0 Å². The fourth-order valence-corrected chi connectivity index (χ4v) is 3.79. The summed E-state index contributed by atoms with van der Waals surface area (Å²) in [5.74, 6) is -0.145. The van der Waals surface area contributed by atoms with Gasteiger partial charge in [0, 0.05) is 37.8 Å². The molecular formula is C20H29N3O2. The molecule has 1 N–H and O–H groups in total. The molecule has 2 aliphatic rings. The van der Waals surface area contributed by atoms with Gasteiger partial charge in [-0.2, -0.15) is 0 Å². The molecular weight excluding hydrogens is 314 g/mol. The van der Waals surface area contributed by atoms with Crippen molar-refractivity contribution >= 4 is 17.5 Å². The highest BCUT2D eigenvalue weighted by Gasteiger charge is 2.36.